The third-order valence-corrected chi connectivity index (χ3v) is 6.18. The summed E-state index contributed by atoms with van der Waals surface area (Å²) >= 11 is -0.826. The Kier molecular flexibility index (Phi) is 18.3. The van der Waals surface area contributed by atoms with E-state index in [0.717, 1.165) is 15.9 Å². The number of aryl methyl sites for hydroxylation is 2. The van der Waals surface area contributed by atoms with Crippen molar-refractivity contribution in [2.45, 2.75) is 46.2 Å². The first kappa shape index (κ1) is 35.0. The third-order valence-electron chi connectivity index (χ3n) is 6.18. The van der Waals surface area contributed by atoms with Crippen molar-refractivity contribution in [2.24, 2.45) is 0 Å². The normalized spacial score (nSPS) is 9.61. The first-order chi connectivity index (χ1) is 20.1. The van der Waals surface area contributed by atoms with Gasteiger partial charge in [-0.2, -0.15) is 60.0 Å². The molecule has 6 aromatic rings. The van der Waals surface area contributed by atoms with E-state index in [-0.39, 0.29) is 0 Å². The maximum absolute atomic E-state index is 4.93. The first-order valence-electron chi connectivity index (χ1n) is 14.0. The summed E-state index contributed by atoms with van der Waals surface area (Å²) in [6, 6.07) is 47.5. The first-order valence-corrected chi connectivity index (χ1v) is 22.3. The van der Waals surface area contributed by atoms with E-state index in [1.54, 1.807) is 0 Å². The van der Waals surface area contributed by atoms with Crippen LogP contribution in [0.2, 0.25) is 13.1 Å². The van der Waals surface area contributed by atoms with Gasteiger partial charge in [0.25, 0.3) is 0 Å². The molecular formula is C37H39Cl2SiZr-3. The molecule has 0 saturated carbocycles. The van der Waals surface area contributed by atoms with Crippen molar-refractivity contribution < 1.29 is 20.8 Å². The van der Waals surface area contributed by atoms with E-state index in [2.05, 4.69) is 130 Å². The fourth-order valence-corrected chi connectivity index (χ4v) is 4.31. The van der Waals surface area contributed by atoms with Gasteiger partial charge in [0.15, 0.2) is 0 Å². The van der Waals surface area contributed by atoms with Crippen molar-refractivity contribution in [3.8, 4) is 11.1 Å². The molecule has 0 spiro atoms. The van der Waals surface area contributed by atoms with Crippen molar-refractivity contribution in [1.29, 1.82) is 0 Å². The molecule has 0 aromatic heterocycles. The second-order valence-electron chi connectivity index (χ2n) is 9.28. The average molecular weight is 674 g/mol. The molecule has 4 heteroatoms. The predicted octanol–water partition coefficient (Wildman–Crippen LogP) is 11.9. The number of benzene rings is 4. The SMILES string of the molecule is CCCc1cc2c(-c3ccc(CC)cc3)cccc2[cH-]1.C[Si]C.[Cl][Zr][Cl].[c-]1ccccc1.c1ccc2[cH-]ccc2c1. The van der Waals surface area contributed by atoms with E-state index in [4.69, 9.17) is 17.0 Å². The van der Waals surface area contributed by atoms with E-state index >= 15 is 0 Å². The van der Waals surface area contributed by atoms with E-state index < -0.39 is 20.8 Å². The van der Waals surface area contributed by atoms with Gasteiger partial charge in [-0.05, 0) is 24.0 Å². The second-order valence-corrected chi connectivity index (χ2v) is 14.0. The Labute approximate surface area is 269 Å². The minimum absolute atomic E-state index is 0.826. The molecule has 0 aliphatic heterocycles. The van der Waals surface area contributed by atoms with E-state index in [9.17, 15) is 0 Å². The largest absolute Gasteiger partial charge is 0.184 e. The molecule has 0 N–H and O–H groups in total. The van der Waals surface area contributed by atoms with Crippen LogP contribution in [0.5, 0.6) is 0 Å². The molecule has 0 aliphatic carbocycles. The molecular weight excluding hydrogens is 635 g/mol. The van der Waals surface area contributed by atoms with Crippen LogP contribution < -0.4 is 0 Å². The molecule has 0 atom stereocenters. The van der Waals surface area contributed by atoms with Crippen LogP contribution in [0.3, 0.4) is 0 Å². The molecule has 6 aromatic carbocycles. The van der Waals surface area contributed by atoms with Gasteiger partial charge in [0.2, 0.25) is 0 Å². The van der Waals surface area contributed by atoms with Crippen LogP contribution in [-0.2, 0) is 33.7 Å². The zero-order valence-electron chi connectivity index (χ0n) is 24.5. The van der Waals surface area contributed by atoms with Gasteiger partial charge < -0.3 is 0 Å². The van der Waals surface area contributed by atoms with Gasteiger partial charge in [0.1, 0.15) is 0 Å². The molecule has 2 radical (unpaired) electrons. The number of hydrogen-bond donors (Lipinski definition) is 0. The molecule has 0 saturated heterocycles. The molecule has 0 aliphatic rings. The molecule has 0 amide bonds. The van der Waals surface area contributed by atoms with Gasteiger partial charge in [-0.25, -0.2) is 0 Å². The van der Waals surface area contributed by atoms with Crippen LogP contribution in [0.15, 0.2) is 127 Å². The van der Waals surface area contributed by atoms with Crippen molar-refractivity contribution in [2.75, 3.05) is 0 Å². The molecule has 6 rings (SSSR count). The quantitative estimate of drug-likeness (QED) is 0.129. The molecule has 0 unspecified atom stereocenters. The van der Waals surface area contributed by atoms with Gasteiger partial charge in [-0.1, -0.05) is 75.3 Å². The Morgan fingerprint density at radius 1 is 0.780 bits per heavy atom. The Morgan fingerprint density at radius 3 is 2.00 bits per heavy atom. The van der Waals surface area contributed by atoms with Crippen LogP contribution in [-0.4, -0.2) is 9.52 Å². The number of rotatable bonds is 4. The standard InChI is InChI=1S/C20H21.C9H7.C6H5.C2H6Si.2ClH.Zr/c1-3-6-16-13-18-7-5-8-19(20(18)14-16)17-11-9-15(4-2)10-12-17;1-2-5-9-7-3-6-8(9)4-1;1-2-4-6-5-3-1;1-3-2;;;/h5,7-14H,3-4,6H2,1-2H3;1-7H;1-5H;1-2H3;2*1H;/q3*-1;;;;+2/p-2. The Hall–Kier alpha value is -2.22. The molecule has 0 fully saturated rings. The van der Waals surface area contributed by atoms with Gasteiger partial charge >= 0.3 is 37.9 Å². The topological polar surface area (TPSA) is 0 Å². The Balaban J connectivity index is 0.000000229. The maximum Gasteiger partial charge on any atom is -0.0809 e. The average Bonchev–Trinajstić information content (AvgIpc) is 3.67. The summed E-state index contributed by atoms with van der Waals surface area (Å²) in [6.45, 7) is 8.74. The van der Waals surface area contributed by atoms with Crippen molar-refractivity contribution in [3.63, 3.8) is 0 Å². The van der Waals surface area contributed by atoms with Crippen molar-refractivity contribution in [1.82, 2.24) is 0 Å². The van der Waals surface area contributed by atoms with Crippen LogP contribution in [0.25, 0.3) is 32.7 Å². The van der Waals surface area contributed by atoms with Gasteiger partial charge in [-0.15, -0.1) is 64.2 Å². The summed E-state index contributed by atoms with van der Waals surface area (Å²) in [5, 5.41) is 5.42. The summed E-state index contributed by atoms with van der Waals surface area (Å²) in [4.78, 5) is 0. The minimum Gasteiger partial charge on any atom is -0.184 e. The zero-order valence-corrected chi connectivity index (χ0v) is 29.5. The van der Waals surface area contributed by atoms with Crippen molar-refractivity contribution in [3.05, 3.63) is 145 Å². The van der Waals surface area contributed by atoms with Gasteiger partial charge in [-0.3, -0.25) is 0 Å². The van der Waals surface area contributed by atoms with Crippen LogP contribution in [0.1, 0.15) is 31.4 Å². The van der Waals surface area contributed by atoms with Crippen LogP contribution in [0, 0.1) is 6.07 Å². The van der Waals surface area contributed by atoms with E-state index in [1.165, 1.54) is 56.6 Å². The summed E-state index contributed by atoms with van der Waals surface area (Å²) in [5.74, 6) is 0. The second kappa shape index (κ2) is 21.5. The van der Waals surface area contributed by atoms with Crippen LogP contribution >= 0.6 is 17.0 Å². The molecule has 0 heterocycles. The van der Waals surface area contributed by atoms with Gasteiger partial charge in [0.05, 0.1) is 0 Å². The molecule has 212 valence electrons. The van der Waals surface area contributed by atoms with Crippen molar-refractivity contribution >= 4 is 48.1 Å². The molecule has 41 heavy (non-hydrogen) atoms. The summed E-state index contributed by atoms with van der Waals surface area (Å²) < 4.78 is 0. The summed E-state index contributed by atoms with van der Waals surface area (Å²) in [5.41, 5.74) is 5.53. The smallest absolute Gasteiger partial charge is 0.0809 e. The summed E-state index contributed by atoms with van der Waals surface area (Å²) in [7, 11) is 11.0. The van der Waals surface area contributed by atoms with E-state index in [1.807, 2.05) is 30.3 Å². The fraction of sp³-hybridized carbons (Fsp3) is 0.189. The monoisotopic (exact) mass is 671 g/mol. The molecule has 0 nitrogen and oxygen atoms in total. The Morgan fingerprint density at radius 2 is 1.44 bits per heavy atom. The Bertz CT molecular complexity index is 1410. The summed E-state index contributed by atoms with van der Waals surface area (Å²) in [6.07, 6.45) is 3.47. The fourth-order valence-electron chi connectivity index (χ4n) is 4.31. The number of fused-ring (bicyclic) bond motifs is 2. The molecule has 0 bridgehead atoms. The van der Waals surface area contributed by atoms with Crippen LogP contribution in [0.4, 0.5) is 0 Å². The van der Waals surface area contributed by atoms with E-state index in [0.29, 0.717) is 0 Å². The third kappa shape index (κ3) is 12.7. The number of hydrogen-bond acceptors (Lipinski definition) is 0. The maximum atomic E-state index is 4.93. The number of halogens is 2. The van der Waals surface area contributed by atoms with Gasteiger partial charge in [0, 0.05) is 9.52 Å². The zero-order chi connectivity index (χ0) is 29.7. The predicted molar refractivity (Wildman–Crippen MR) is 182 cm³/mol. The minimum atomic E-state index is -0.826.